The van der Waals surface area contributed by atoms with Gasteiger partial charge in [0.05, 0.1) is 10.7 Å². The number of aromatic nitrogens is 1. The van der Waals surface area contributed by atoms with E-state index in [0.29, 0.717) is 26.3 Å². The van der Waals surface area contributed by atoms with Crippen molar-refractivity contribution >= 4 is 40.5 Å². The SMILES string of the molecule is CC(C)(C)c1nc(-c2ccc(Cl)cc2Cl)sc1C(=O)O. The third kappa shape index (κ3) is 2.97. The van der Waals surface area contributed by atoms with Gasteiger partial charge in [-0.15, -0.1) is 11.3 Å². The van der Waals surface area contributed by atoms with E-state index < -0.39 is 5.97 Å². The van der Waals surface area contributed by atoms with Crippen LogP contribution in [0.5, 0.6) is 0 Å². The van der Waals surface area contributed by atoms with Crippen LogP contribution < -0.4 is 0 Å². The van der Waals surface area contributed by atoms with Gasteiger partial charge in [-0.3, -0.25) is 0 Å². The minimum absolute atomic E-state index is 0.249. The summed E-state index contributed by atoms with van der Waals surface area (Å²) in [6.45, 7) is 5.80. The van der Waals surface area contributed by atoms with E-state index in [4.69, 9.17) is 23.2 Å². The van der Waals surface area contributed by atoms with E-state index in [2.05, 4.69) is 4.98 Å². The van der Waals surface area contributed by atoms with Crippen LogP contribution in [0, 0.1) is 0 Å². The molecular weight excluding hydrogens is 317 g/mol. The van der Waals surface area contributed by atoms with Crippen LogP contribution in [0.4, 0.5) is 0 Å². The second kappa shape index (κ2) is 5.35. The molecule has 0 spiro atoms. The molecule has 0 amide bonds. The van der Waals surface area contributed by atoms with Crippen LogP contribution in [-0.2, 0) is 5.41 Å². The lowest BCUT2D eigenvalue weighted by atomic mass is 9.91. The first kappa shape index (κ1) is 15.3. The quantitative estimate of drug-likeness (QED) is 0.832. The van der Waals surface area contributed by atoms with Gasteiger partial charge in [0.1, 0.15) is 9.88 Å². The molecule has 0 aliphatic heterocycles. The van der Waals surface area contributed by atoms with E-state index in [1.54, 1.807) is 18.2 Å². The molecule has 0 atom stereocenters. The lowest BCUT2D eigenvalue weighted by Gasteiger charge is -2.16. The maximum absolute atomic E-state index is 11.4. The Bertz CT molecular complexity index is 674. The van der Waals surface area contributed by atoms with Gasteiger partial charge in [0, 0.05) is 16.0 Å². The van der Waals surface area contributed by atoms with Gasteiger partial charge in [-0.1, -0.05) is 44.0 Å². The van der Waals surface area contributed by atoms with Crippen LogP contribution in [0.15, 0.2) is 18.2 Å². The van der Waals surface area contributed by atoms with Gasteiger partial charge in [0.15, 0.2) is 0 Å². The van der Waals surface area contributed by atoms with Crippen molar-refractivity contribution in [2.75, 3.05) is 0 Å². The normalized spacial score (nSPS) is 11.7. The molecule has 3 nitrogen and oxygen atoms in total. The summed E-state index contributed by atoms with van der Waals surface area (Å²) in [5.74, 6) is -0.969. The maximum atomic E-state index is 11.4. The highest BCUT2D eigenvalue weighted by Crippen LogP contribution is 2.37. The Hall–Kier alpha value is -1.10. The molecule has 0 fully saturated rings. The molecule has 2 aromatic rings. The molecule has 1 N–H and O–H groups in total. The van der Waals surface area contributed by atoms with Crippen molar-refractivity contribution in [3.63, 3.8) is 0 Å². The zero-order chi connectivity index (χ0) is 15.1. The molecule has 0 aliphatic rings. The largest absolute Gasteiger partial charge is 0.477 e. The fourth-order valence-electron chi connectivity index (χ4n) is 1.75. The summed E-state index contributed by atoms with van der Waals surface area (Å²) >= 11 is 13.2. The molecule has 0 saturated carbocycles. The maximum Gasteiger partial charge on any atom is 0.347 e. The van der Waals surface area contributed by atoms with Gasteiger partial charge >= 0.3 is 5.97 Å². The number of nitrogens with zero attached hydrogens (tertiary/aromatic N) is 1. The van der Waals surface area contributed by atoms with Gasteiger partial charge in [-0.2, -0.15) is 0 Å². The highest BCUT2D eigenvalue weighted by molar-refractivity contribution is 7.17. The number of rotatable bonds is 2. The molecule has 0 saturated heterocycles. The van der Waals surface area contributed by atoms with E-state index in [1.165, 1.54) is 0 Å². The number of thiazole rings is 1. The molecule has 1 aromatic heterocycles. The van der Waals surface area contributed by atoms with Crippen molar-refractivity contribution < 1.29 is 9.90 Å². The van der Waals surface area contributed by atoms with Gasteiger partial charge < -0.3 is 5.11 Å². The fraction of sp³-hybridized carbons (Fsp3) is 0.286. The molecule has 0 bridgehead atoms. The van der Waals surface area contributed by atoms with Gasteiger partial charge in [0.25, 0.3) is 0 Å². The average molecular weight is 330 g/mol. The minimum atomic E-state index is -0.969. The van der Waals surface area contributed by atoms with Crippen molar-refractivity contribution in [2.24, 2.45) is 0 Å². The van der Waals surface area contributed by atoms with E-state index in [9.17, 15) is 9.90 Å². The monoisotopic (exact) mass is 329 g/mol. The Morgan fingerprint density at radius 3 is 2.40 bits per heavy atom. The summed E-state index contributed by atoms with van der Waals surface area (Å²) in [4.78, 5) is 16.1. The van der Waals surface area contributed by atoms with E-state index >= 15 is 0 Å². The number of benzene rings is 1. The Morgan fingerprint density at radius 1 is 1.30 bits per heavy atom. The van der Waals surface area contributed by atoms with Crippen LogP contribution in [0.25, 0.3) is 10.6 Å². The van der Waals surface area contributed by atoms with Crippen molar-refractivity contribution in [1.82, 2.24) is 4.98 Å². The molecule has 0 unspecified atom stereocenters. The molecule has 2 rings (SSSR count). The first-order chi connectivity index (χ1) is 9.20. The lowest BCUT2D eigenvalue weighted by Crippen LogP contribution is -2.16. The topological polar surface area (TPSA) is 50.2 Å². The molecule has 106 valence electrons. The van der Waals surface area contributed by atoms with Crippen LogP contribution >= 0.6 is 34.5 Å². The average Bonchev–Trinajstić information content (AvgIpc) is 2.73. The number of hydrogen-bond donors (Lipinski definition) is 1. The third-order valence-corrected chi connectivity index (χ3v) is 4.32. The Morgan fingerprint density at radius 2 is 1.95 bits per heavy atom. The minimum Gasteiger partial charge on any atom is -0.477 e. The van der Waals surface area contributed by atoms with E-state index in [0.717, 1.165) is 11.3 Å². The zero-order valence-electron chi connectivity index (χ0n) is 11.2. The zero-order valence-corrected chi connectivity index (χ0v) is 13.5. The summed E-state index contributed by atoms with van der Waals surface area (Å²) in [6, 6.07) is 5.08. The van der Waals surface area contributed by atoms with Crippen LogP contribution in [0.1, 0.15) is 36.1 Å². The second-order valence-electron chi connectivity index (χ2n) is 5.38. The number of carboxylic acid groups (broad SMARTS) is 1. The number of aromatic carboxylic acids is 1. The van der Waals surface area contributed by atoms with Crippen molar-refractivity contribution in [1.29, 1.82) is 0 Å². The third-order valence-electron chi connectivity index (χ3n) is 2.69. The molecule has 1 heterocycles. The highest BCUT2D eigenvalue weighted by Gasteiger charge is 2.27. The van der Waals surface area contributed by atoms with Crippen molar-refractivity contribution in [3.05, 3.63) is 38.8 Å². The van der Waals surface area contributed by atoms with Gasteiger partial charge in [0.2, 0.25) is 0 Å². The van der Waals surface area contributed by atoms with Gasteiger partial charge in [-0.05, 0) is 18.2 Å². The summed E-state index contributed by atoms with van der Waals surface area (Å²) < 4.78 is 0. The lowest BCUT2D eigenvalue weighted by molar-refractivity contribution is 0.0699. The van der Waals surface area contributed by atoms with Crippen molar-refractivity contribution in [3.8, 4) is 10.6 Å². The number of carbonyl (C=O) groups is 1. The Balaban J connectivity index is 2.62. The van der Waals surface area contributed by atoms with Crippen LogP contribution in [-0.4, -0.2) is 16.1 Å². The summed E-state index contributed by atoms with van der Waals surface area (Å²) in [7, 11) is 0. The summed E-state index contributed by atoms with van der Waals surface area (Å²) in [5, 5.41) is 10.9. The van der Waals surface area contributed by atoms with E-state index in [-0.39, 0.29) is 10.3 Å². The fourth-order valence-corrected chi connectivity index (χ4v) is 3.46. The summed E-state index contributed by atoms with van der Waals surface area (Å²) in [6.07, 6.45) is 0. The first-order valence-electron chi connectivity index (χ1n) is 5.90. The molecule has 20 heavy (non-hydrogen) atoms. The van der Waals surface area contributed by atoms with Gasteiger partial charge in [-0.25, -0.2) is 9.78 Å². The second-order valence-corrected chi connectivity index (χ2v) is 7.22. The van der Waals surface area contributed by atoms with Crippen LogP contribution in [0.2, 0.25) is 10.0 Å². The Labute approximate surface area is 131 Å². The summed E-state index contributed by atoms with van der Waals surface area (Å²) in [5.41, 5.74) is 0.913. The van der Waals surface area contributed by atoms with E-state index in [1.807, 2.05) is 20.8 Å². The molecule has 0 radical (unpaired) electrons. The number of carboxylic acids is 1. The molecule has 6 heteroatoms. The number of hydrogen-bond acceptors (Lipinski definition) is 3. The molecular formula is C14H13Cl2NO2S. The standard InChI is InChI=1S/C14H13Cl2NO2S/c1-14(2,3)11-10(13(18)19)20-12(17-11)8-5-4-7(15)6-9(8)16/h4-6H,1-3H3,(H,18,19). The smallest absolute Gasteiger partial charge is 0.347 e. The molecule has 1 aromatic carbocycles. The molecule has 0 aliphatic carbocycles. The Kier molecular flexibility index (Phi) is 4.09. The van der Waals surface area contributed by atoms with Crippen molar-refractivity contribution in [2.45, 2.75) is 26.2 Å². The number of halogens is 2. The highest BCUT2D eigenvalue weighted by atomic mass is 35.5. The predicted octanol–water partition coefficient (Wildman–Crippen LogP) is 5.11. The first-order valence-corrected chi connectivity index (χ1v) is 7.47. The van der Waals surface area contributed by atoms with Crippen LogP contribution in [0.3, 0.4) is 0 Å². The predicted molar refractivity (Wildman–Crippen MR) is 83.2 cm³/mol.